The maximum atomic E-state index is 12.8. The van der Waals surface area contributed by atoms with Crippen LogP contribution in [0.2, 0.25) is 0 Å². The lowest BCUT2D eigenvalue weighted by Gasteiger charge is -2.24. The Morgan fingerprint density at radius 1 is 1.04 bits per heavy atom. The van der Waals surface area contributed by atoms with Crippen LogP contribution >= 0.6 is 0 Å². The van der Waals surface area contributed by atoms with E-state index in [1.54, 1.807) is 0 Å². The number of aryl methyl sites for hydroxylation is 1. The molecule has 4 heteroatoms. The van der Waals surface area contributed by atoms with Gasteiger partial charge in [-0.1, -0.05) is 48.5 Å². The van der Waals surface area contributed by atoms with Crippen LogP contribution in [0.4, 0.5) is 5.69 Å². The minimum Gasteiger partial charge on any atom is -0.353 e. The molecule has 144 valence electrons. The molecule has 1 atom stereocenters. The zero-order valence-electron chi connectivity index (χ0n) is 16.3. The van der Waals surface area contributed by atoms with E-state index in [9.17, 15) is 4.79 Å². The van der Waals surface area contributed by atoms with Crippen LogP contribution in [-0.2, 0) is 18.3 Å². The van der Waals surface area contributed by atoms with Crippen LogP contribution in [-0.4, -0.2) is 28.5 Å². The van der Waals surface area contributed by atoms with Crippen LogP contribution in [0.5, 0.6) is 0 Å². The zero-order chi connectivity index (χ0) is 19.3. The molecule has 2 aromatic carbocycles. The topological polar surface area (TPSA) is 37.3 Å². The number of amides is 1. The van der Waals surface area contributed by atoms with Crippen molar-refractivity contribution in [2.45, 2.75) is 25.3 Å². The van der Waals surface area contributed by atoms with E-state index >= 15 is 0 Å². The second-order valence-corrected chi connectivity index (χ2v) is 7.54. The van der Waals surface area contributed by atoms with E-state index in [1.165, 1.54) is 11.3 Å². The Hall–Kier alpha value is -2.85. The summed E-state index contributed by atoms with van der Waals surface area (Å²) in [7, 11) is 2.08. The van der Waals surface area contributed by atoms with Gasteiger partial charge in [0.25, 0.3) is 0 Å². The minimum atomic E-state index is 0.0571. The van der Waals surface area contributed by atoms with E-state index in [1.807, 2.05) is 36.4 Å². The molecule has 4 nitrogen and oxygen atoms in total. The van der Waals surface area contributed by atoms with Gasteiger partial charge in [-0.25, -0.2) is 0 Å². The van der Waals surface area contributed by atoms with Gasteiger partial charge in [-0.15, -0.1) is 0 Å². The van der Waals surface area contributed by atoms with Gasteiger partial charge < -0.3 is 9.88 Å². The number of nitrogens with one attached hydrogen (secondary N) is 1. The van der Waals surface area contributed by atoms with Crippen molar-refractivity contribution in [1.82, 2.24) is 9.47 Å². The summed E-state index contributed by atoms with van der Waals surface area (Å²) in [6.45, 7) is 1.39. The largest absolute Gasteiger partial charge is 0.353 e. The van der Waals surface area contributed by atoms with Gasteiger partial charge in [0, 0.05) is 24.6 Å². The molecule has 1 fully saturated rings. The van der Waals surface area contributed by atoms with E-state index in [4.69, 9.17) is 0 Å². The average molecular weight is 374 g/mol. The van der Waals surface area contributed by atoms with Crippen molar-refractivity contribution in [3.63, 3.8) is 0 Å². The molecule has 1 aliphatic heterocycles. The van der Waals surface area contributed by atoms with Crippen molar-refractivity contribution < 1.29 is 4.79 Å². The molecule has 1 aromatic heterocycles. The number of carbonyl (C=O) groups is 1. The summed E-state index contributed by atoms with van der Waals surface area (Å²) >= 11 is 0. The average Bonchev–Trinajstić information content (AvgIpc) is 3.32. The Morgan fingerprint density at radius 2 is 1.82 bits per heavy atom. The quantitative estimate of drug-likeness (QED) is 0.696. The predicted octanol–water partition coefficient (Wildman–Crippen LogP) is 4.39. The van der Waals surface area contributed by atoms with Gasteiger partial charge in [0.05, 0.1) is 12.6 Å². The van der Waals surface area contributed by atoms with Crippen molar-refractivity contribution in [3.05, 3.63) is 89.7 Å². The number of hydrogen-bond donors (Lipinski definition) is 1. The number of carbonyl (C=O) groups excluding carboxylic acids is 1. The number of rotatable bonds is 6. The Kier molecular flexibility index (Phi) is 5.58. The van der Waals surface area contributed by atoms with E-state index in [0.717, 1.165) is 37.1 Å². The maximum absolute atomic E-state index is 12.8. The molecule has 3 aromatic rings. The summed E-state index contributed by atoms with van der Waals surface area (Å²) < 4.78 is 2.16. The van der Waals surface area contributed by atoms with Crippen molar-refractivity contribution >= 4 is 11.6 Å². The summed E-state index contributed by atoms with van der Waals surface area (Å²) in [4.78, 5) is 15.1. The predicted molar refractivity (Wildman–Crippen MR) is 113 cm³/mol. The molecule has 1 saturated heterocycles. The van der Waals surface area contributed by atoms with Crippen molar-refractivity contribution in [2.75, 3.05) is 18.4 Å². The van der Waals surface area contributed by atoms with Gasteiger partial charge in [-0.3, -0.25) is 9.69 Å². The Labute approximate surface area is 166 Å². The number of anilines is 1. The van der Waals surface area contributed by atoms with E-state index in [2.05, 4.69) is 58.4 Å². The number of para-hydroxylation sites is 1. The summed E-state index contributed by atoms with van der Waals surface area (Å²) in [5, 5.41) is 3.15. The molecule has 1 aliphatic rings. The summed E-state index contributed by atoms with van der Waals surface area (Å²) in [5.41, 5.74) is 4.58. The highest BCUT2D eigenvalue weighted by Gasteiger charge is 2.29. The van der Waals surface area contributed by atoms with Crippen LogP contribution in [0, 0.1) is 0 Å². The van der Waals surface area contributed by atoms with Gasteiger partial charge in [0.2, 0.25) is 5.91 Å². The first-order chi connectivity index (χ1) is 13.7. The summed E-state index contributed by atoms with van der Waals surface area (Å²) in [6, 6.07) is 23.0. The Bertz CT molecular complexity index is 932. The SMILES string of the molecule is Cn1cccc1C1CCCN1CC(=O)Nc1ccccc1Cc1ccccc1. The fourth-order valence-corrected chi connectivity index (χ4v) is 4.16. The molecule has 0 radical (unpaired) electrons. The molecule has 0 aliphatic carbocycles. The minimum absolute atomic E-state index is 0.0571. The van der Waals surface area contributed by atoms with Crippen molar-refractivity contribution in [2.24, 2.45) is 7.05 Å². The van der Waals surface area contributed by atoms with Crippen LogP contribution in [0.15, 0.2) is 72.9 Å². The van der Waals surface area contributed by atoms with Gasteiger partial charge in [-0.2, -0.15) is 0 Å². The smallest absolute Gasteiger partial charge is 0.238 e. The number of nitrogens with zero attached hydrogens (tertiary/aromatic N) is 2. The Morgan fingerprint density at radius 3 is 2.61 bits per heavy atom. The van der Waals surface area contributed by atoms with Crippen LogP contribution in [0.1, 0.15) is 35.7 Å². The van der Waals surface area contributed by atoms with Gasteiger partial charge >= 0.3 is 0 Å². The normalized spacial score (nSPS) is 17.0. The third-order valence-electron chi connectivity index (χ3n) is 5.56. The molecule has 0 bridgehead atoms. The highest BCUT2D eigenvalue weighted by Crippen LogP contribution is 2.31. The van der Waals surface area contributed by atoms with Crippen molar-refractivity contribution in [1.29, 1.82) is 0 Å². The number of likely N-dealkylation sites (tertiary alicyclic amines) is 1. The molecule has 4 rings (SSSR count). The van der Waals surface area contributed by atoms with Crippen LogP contribution in [0.25, 0.3) is 0 Å². The lowest BCUT2D eigenvalue weighted by atomic mass is 10.0. The summed E-state index contributed by atoms with van der Waals surface area (Å²) in [6.07, 6.45) is 5.13. The molecule has 0 spiro atoms. The lowest BCUT2D eigenvalue weighted by Crippen LogP contribution is -2.33. The van der Waals surface area contributed by atoms with Crippen LogP contribution in [0.3, 0.4) is 0 Å². The molecular weight excluding hydrogens is 346 g/mol. The Balaban J connectivity index is 1.43. The second-order valence-electron chi connectivity index (χ2n) is 7.54. The third-order valence-corrected chi connectivity index (χ3v) is 5.56. The van der Waals surface area contributed by atoms with Gasteiger partial charge in [-0.05, 0) is 55.1 Å². The molecule has 2 heterocycles. The highest BCUT2D eigenvalue weighted by molar-refractivity contribution is 5.93. The molecule has 1 amide bonds. The molecule has 28 heavy (non-hydrogen) atoms. The monoisotopic (exact) mass is 373 g/mol. The zero-order valence-corrected chi connectivity index (χ0v) is 16.3. The number of hydrogen-bond acceptors (Lipinski definition) is 2. The first-order valence-corrected chi connectivity index (χ1v) is 9.97. The molecule has 1 N–H and O–H groups in total. The second kappa shape index (κ2) is 8.44. The number of aromatic nitrogens is 1. The molecule has 0 saturated carbocycles. The summed E-state index contributed by atoms with van der Waals surface area (Å²) in [5.74, 6) is 0.0571. The molecular formula is C24H27N3O. The lowest BCUT2D eigenvalue weighted by molar-refractivity contribution is -0.117. The standard InChI is InChI=1S/C24H27N3O/c1-26-15-7-13-22(26)23-14-8-16-27(23)18-24(28)25-21-12-6-5-11-20(21)17-19-9-3-2-4-10-19/h2-7,9-13,15,23H,8,14,16-18H2,1H3,(H,25,28). The molecule has 1 unspecified atom stereocenters. The highest BCUT2D eigenvalue weighted by atomic mass is 16.2. The third kappa shape index (κ3) is 4.18. The van der Waals surface area contributed by atoms with E-state index < -0.39 is 0 Å². The van der Waals surface area contributed by atoms with Crippen LogP contribution < -0.4 is 5.32 Å². The van der Waals surface area contributed by atoms with Gasteiger partial charge in [0.1, 0.15) is 0 Å². The van der Waals surface area contributed by atoms with Gasteiger partial charge in [0.15, 0.2) is 0 Å². The van der Waals surface area contributed by atoms with E-state index in [0.29, 0.717) is 12.6 Å². The van der Waals surface area contributed by atoms with Crippen molar-refractivity contribution in [3.8, 4) is 0 Å². The fourth-order valence-electron chi connectivity index (χ4n) is 4.16. The maximum Gasteiger partial charge on any atom is 0.238 e. The van der Waals surface area contributed by atoms with E-state index in [-0.39, 0.29) is 5.91 Å². The first-order valence-electron chi connectivity index (χ1n) is 9.97. The number of benzene rings is 2. The first kappa shape index (κ1) is 18.5. The fraction of sp³-hybridized carbons (Fsp3) is 0.292.